The molecule has 2 aliphatic rings. The van der Waals surface area contributed by atoms with E-state index in [1.165, 1.54) is 16.2 Å². The fraction of sp³-hybridized carbons (Fsp3) is 0.593. The smallest absolute Gasteiger partial charge is 0.410 e. The van der Waals surface area contributed by atoms with Crippen LogP contribution < -0.4 is 11.1 Å². The summed E-state index contributed by atoms with van der Waals surface area (Å²) in [6.07, 6.45) is -0.521. The van der Waals surface area contributed by atoms with Gasteiger partial charge in [0.15, 0.2) is 5.79 Å². The molecule has 0 unspecified atom stereocenters. The first-order valence-electron chi connectivity index (χ1n) is 12.9. The predicted octanol–water partition coefficient (Wildman–Crippen LogP) is 3.69. The number of para-hydroxylation sites is 1. The molecule has 1 aliphatic carbocycles. The van der Waals surface area contributed by atoms with Gasteiger partial charge in [-0.1, -0.05) is 12.1 Å². The van der Waals surface area contributed by atoms with Crippen LogP contribution in [0.2, 0.25) is 0 Å². The normalized spacial score (nSPS) is 25.1. The van der Waals surface area contributed by atoms with Gasteiger partial charge in [0.05, 0.1) is 34.5 Å². The number of benzene rings is 1. The van der Waals surface area contributed by atoms with E-state index in [-0.39, 0.29) is 43.2 Å². The van der Waals surface area contributed by atoms with E-state index in [0.717, 1.165) is 10.2 Å². The first-order valence-corrected chi connectivity index (χ1v) is 13.7. The third-order valence-electron chi connectivity index (χ3n) is 6.54. The van der Waals surface area contributed by atoms with Gasteiger partial charge in [-0.3, -0.25) is 5.41 Å². The van der Waals surface area contributed by atoms with Gasteiger partial charge in [-0.15, -0.1) is 11.3 Å². The lowest BCUT2D eigenvalue weighted by Crippen LogP contribution is -2.43. The Hall–Kier alpha value is -2.73. The zero-order chi connectivity index (χ0) is 27.8. The molecule has 208 valence electrons. The number of allylic oxidation sites excluding steroid dienone is 1. The summed E-state index contributed by atoms with van der Waals surface area (Å²) in [5.74, 6) is -0.736. The van der Waals surface area contributed by atoms with Crippen LogP contribution in [-0.4, -0.2) is 76.3 Å². The Morgan fingerprint density at radius 2 is 2.00 bits per heavy atom. The van der Waals surface area contributed by atoms with Crippen molar-refractivity contribution in [3.05, 3.63) is 35.0 Å². The van der Waals surface area contributed by atoms with E-state index in [2.05, 4.69) is 5.32 Å². The average molecular weight is 546 g/mol. The third kappa shape index (κ3) is 6.28. The molecule has 1 aliphatic heterocycles. The van der Waals surface area contributed by atoms with Gasteiger partial charge in [0.1, 0.15) is 22.5 Å². The molecule has 38 heavy (non-hydrogen) atoms. The Morgan fingerprint density at radius 1 is 1.32 bits per heavy atom. The number of carbonyl (C=O) groups is 1. The van der Waals surface area contributed by atoms with Gasteiger partial charge in [0.2, 0.25) is 0 Å². The highest BCUT2D eigenvalue weighted by Gasteiger charge is 2.54. The number of rotatable bonds is 7. The number of aliphatic hydroxyl groups is 1. The number of amidine groups is 1. The van der Waals surface area contributed by atoms with Crippen LogP contribution in [0.5, 0.6) is 0 Å². The molecule has 1 aromatic carbocycles. The molecule has 1 saturated heterocycles. The molecule has 4 atom stereocenters. The second kappa shape index (κ2) is 10.8. The average Bonchev–Trinajstić information content (AvgIpc) is 3.43. The fourth-order valence-corrected chi connectivity index (χ4v) is 6.19. The van der Waals surface area contributed by atoms with E-state index in [9.17, 15) is 9.90 Å². The first kappa shape index (κ1) is 28.3. The van der Waals surface area contributed by atoms with Gasteiger partial charge in [-0.05, 0) is 60.1 Å². The van der Waals surface area contributed by atoms with Gasteiger partial charge < -0.3 is 35.3 Å². The van der Waals surface area contributed by atoms with Crippen molar-refractivity contribution in [1.82, 2.24) is 15.2 Å². The largest absolute Gasteiger partial charge is 0.444 e. The number of ether oxygens (including phenoxy) is 3. The lowest BCUT2D eigenvalue weighted by atomic mass is 10.0. The molecular weight excluding hydrogens is 506 g/mol. The lowest BCUT2D eigenvalue weighted by Gasteiger charge is -2.30. The maximum absolute atomic E-state index is 12.9. The van der Waals surface area contributed by atoms with Crippen molar-refractivity contribution >= 4 is 39.1 Å². The number of amides is 1. The van der Waals surface area contributed by atoms with Crippen molar-refractivity contribution in [3.63, 3.8) is 0 Å². The summed E-state index contributed by atoms with van der Waals surface area (Å²) >= 11 is 1.49. The monoisotopic (exact) mass is 545 g/mol. The molecule has 1 amide bonds. The molecule has 2 heterocycles. The van der Waals surface area contributed by atoms with Crippen molar-refractivity contribution in [2.45, 2.75) is 77.6 Å². The van der Waals surface area contributed by atoms with Crippen LogP contribution >= 0.6 is 11.3 Å². The summed E-state index contributed by atoms with van der Waals surface area (Å²) in [5, 5.41) is 22.6. The number of aromatic nitrogens is 1. The molecule has 4 rings (SSSR count). The van der Waals surface area contributed by atoms with Crippen molar-refractivity contribution < 1.29 is 24.1 Å². The van der Waals surface area contributed by atoms with Crippen LogP contribution in [0, 0.1) is 11.3 Å². The lowest BCUT2D eigenvalue weighted by molar-refractivity contribution is -0.158. The first-order chi connectivity index (χ1) is 17.8. The molecule has 0 spiro atoms. The van der Waals surface area contributed by atoms with Crippen LogP contribution in [0.25, 0.3) is 15.8 Å². The van der Waals surface area contributed by atoms with Crippen LogP contribution in [0.4, 0.5) is 4.79 Å². The zero-order valence-corrected chi connectivity index (χ0v) is 23.7. The topological polar surface area (TPSA) is 143 Å². The summed E-state index contributed by atoms with van der Waals surface area (Å²) in [6, 6.07) is 7.58. The molecular formula is C27H39N5O5S. The standard InChI is InChI=1S/C27H39N5O5S/c1-15(28)20(24-31-17-9-7-8-10-19(17)38-24)23(29)30-18-13-16(21-22(18)36-27(5,6)35-21)14-32(11-12-33)25(34)37-26(2,3)4/h7-10,16,18,21-22,33H,11-14,28H2,1-6H3,(H2,29,30)/b20-15+/t16-,18-,21-,22+/m1/s1. The highest BCUT2D eigenvalue weighted by atomic mass is 32.1. The summed E-state index contributed by atoms with van der Waals surface area (Å²) in [7, 11) is 0. The molecule has 0 bridgehead atoms. The SMILES string of the molecule is C/C(N)=C(/C(=N)N[C@@H]1C[C@H](CN(CCO)C(=O)OC(C)(C)C)[C@H]2OC(C)(C)O[C@H]21)c1nc2ccccc2s1. The van der Waals surface area contributed by atoms with E-state index >= 15 is 0 Å². The molecule has 2 aromatic rings. The number of nitrogens with one attached hydrogen (secondary N) is 2. The van der Waals surface area contributed by atoms with E-state index in [1.54, 1.807) is 6.92 Å². The van der Waals surface area contributed by atoms with Crippen molar-refractivity contribution in [2.75, 3.05) is 19.7 Å². The van der Waals surface area contributed by atoms with E-state index < -0.39 is 17.5 Å². The number of thiazole rings is 1. The van der Waals surface area contributed by atoms with Gasteiger partial charge in [0.25, 0.3) is 0 Å². The van der Waals surface area contributed by atoms with Gasteiger partial charge >= 0.3 is 6.09 Å². The van der Waals surface area contributed by atoms with E-state index in [4.69, 9.17) is 30.3 Å². The number of hydrogen-bond donors (Lipinski definition) is 4. The van der Waals surface area contributed by atoms with Crippen LogP contribution in [0.1, 0.15) is 53.0 Å². The minimum atomic E-state index is -0.806. The Labute approximate surface area is 227 Å². The molecule has 5 N–H and O–H groups in total. The number of carbonyl (C=O) groups excluding carboxylic acids is 1. The number of nitrogens with two attached hydrogens (primary N) is 1. The Bertz CT molecular complexity index is 1180. The number of hydrogen-bond acceptors (Lipinski definition) is 9. The molecule has 1 saturated carbocycles. The Kier molecular flexibility index (Phi) is 8.04. The summed E-state index contributed by atoms with van der Waals surface area (Å²) < 4.78 is 19.1. The molecule has 0 radical (unpaired) electrons. The Balaban J connectivity index is 1.54. The van der Waals surface area contributed by atoms with Crippen molar-refractivity contribution in [1.29, 1.82) is 5.41 Å². The molecule has 2 fully saturated rings. The maximum Gasteiger partial charge on any atom is 0.410 e. The molecule has 10 nitrogen and oxygen atoms in total. The zero-order valence-electron chi connectivity index (χ0n) is 22.9. The summed E-state index contributed by atoms with van der Waals surface area (Å²) in [6.45, 7) is 11.2. The van der Waals surface area contributed by atoms with Crippen molar-refractivity contribution in [3.8, 4) is 0 Å². The van der Waals surface area contributed by atoms with Crippen LogP contribution in [0.15, 0.2) is 30.0 Å². The third-order valence-corrected chi connectivity index (χ3v) is 7.59. The van der Waals surface area contributed by atoms with E-state index in [1.807, 2.05) is 58.9 Å². The quantitative estimate of drug-likeness (QED) is 0.305. The fourth-order valence-electron chi connectivity index (χ4n) is 5.10. The minimum Gasteiger partial charge on any atom is -0.444 e. The Morgan fingerprint density at radius 3 is 2.63 bits per heavy atom. The highest BCUT2D eigenvalue weighted by Crippen LogP contribution is 2.42. The minimum absolute atomic E-state index is 0.0972. The van der Waals surface area contributed by atoms with Gasteiger partial charge in [-0.25, -0.2) is 9.78 Å². The summed E-state index contributed by atoms with van der Waals surface area (Å²) in [5.41, 5.74) is 7.51. The number of aliphatic hydroxyl groups excluding tert-OH is 1. The molecule has 11 heteroatoms. The second-order valence-electron chi connectivity index (χ2n) is 11.4. The number of fused-ring (bicyclic) bond motifs is 2. The second-order valence-corrected chi connectivity index (χ2v) is 12.4. The highest BCUT2D eigenvalue weighted by molar-refractivity contribution is 7.19. The van der Waals surface area contributed by atoms with Crippen LogP contribution in [-0.2, 0) is 14.2 Å². The van der Waals surface area contributed by atoms with Crippen molar-refractivity contribution in [2.24, 2.45) is 11.7 Å². The maximum atomic E-state index is 12.9. The van der Waals surface area contributed by atoms with E-state index in [0.29, 0.717) is 29.2 Å². The molecule has 1 aromatic heterocycles. The predicted molar refractivity (Wildman–Crippen MR) is 148 cm³/mol. The van der Waals surface area contributed by atoms with Gasteiger partial charge in [-0.2, -0.15) is 0 Å². The van der Waals surface area contributed by atoms with Gasteiger partial charge in [0, 0.05) is 24.7 Å². The number of nitrogens with zero attached hydrogens (tertiary/aromatic N) is 2. The van der Waals surface area contributed by atoms with Crippen LogP contribution in [0.3, 0.4) is 0 Å². The summed E-state index contributed by atoms with van der Waals surface area (Å²) in [4.78, 5) is 19.1.